The van der Waals surface area contributed by atoms with Crippen molar-refractivity contribution < 1.29 is 29.0 Å². The van der Waals surface area contributed by atoms with Crippen LogP contribution < -0.4 is 20.7 Å². The van der Waals surface area contributed by atoms with Crippen LogP contribution in [0.5, 0.6) is 5.75 Å². The van der Waals surface area contributed by atoms with Gasteiger partial charge >= 0.3 is 0 Å². The number of amides is 4. The molecule has 4 amide bonds. The lowest BCUT2D eigenvalue weighted by Crippen LogP contribution is -2.53. The van der Waals surface area contributed by atoms with E-state index in [1.807, 2.05) is 6.92 Å². The minimum atomic E-state index is -1.26. The van der Waals surface area contributed by atoms with E-state index in [2.05, 4.69) is 26.0 Å². The molecule has 0 saturated heterocycles. The molecule has 2 heterocycles. The standard InChI is InChI=1S/C27H31N7O6/c1-17-7-8-19-13-22(17)40-12-10-29-23(36)14-33(11-9-30-26(38)24(18(2)35)32-25(19)37)27(39)20-5-3-4-6-21(20)34-16-28-15-31-34/h3-8,13,15-16,18,24,35H,9-12,14H2,1-2H3,(H,29,36)(H,30,38)(H,32,37)/t18-,24+/m1/s1. The van der Waals surface area contributed by atoms with Crippen molar-refractivity contribution in [3.8, 4) is 11.4 Å². The summed E-state index contributed by atoms with van der Waals surface area (Å²) in [5, 5.41) is 22.3. The smallest absolute Gasteiger partial charge is 0.256 e. The lowest BCUT2D eigenvalue weighted by molar-refractivity contribution is -0.125. The molecular weight excluding hydrogens is 518 g/mol. The highest BCUT2D eigenvalue weighted by Crippen LogP contribution is 2.20. The molecule has 2 aromatic carbocycles. The van der Waals surface area contributed by atoms with Crippen LogP contribution in [0, 0.1) is 6.92 Å². The number of carbonyl (C=O) groups excluding carboxylic acids is 4. The predicted molar refractivity (Wildman–Crippen MR) is 143 cm³/mol. The second-order valence-corrected chi connectivity index (χ2v) is 9.25. The first kappa shape index (κ1) is 28.2. The molecule has 3 aromatic rings. The van der Waals surface area contributed by atoms with Crippen LogP contribution in [0.25, 0.3) is 5.69 Å². The van der Waals surface area contributed by atoms with E-state index in [9.17, 15) is 24.3 Å². The lowest BCUT2D eigenvalue weighted by Gasteiger charge is -2.25. The number of ether oxygens (including phenoxy) is 1. The van der Waals surface area contributed by atoms with E-state index in [1.54, 1.807) is 36.4 Å². The van der Waals surface area contributed by atoms with Gasteiger partial charge in [0.15, 0.2) is 0 Å². The molecule has 1 aromatic heterocycles. The van der Waals surface area contributed by atoms with Gasteiger partial charge in [-0.15, -0.1) is 0 Å². The van der Waals surface area contributed by atoms with Crippen LogP contribution in [0.15, 0.2) is 55.1 Å². The Morgan fingerprint density at radius 1 is 1.12 bits per heavy atom. The number of hydrogen-bond donors (Lipinski definition) is 4. The molecule has 0 fully saturated rings. The van der Waals surface area contributed by atoms with Gasteiger partial charge in [0.05, 0.1) is 30.4 Å². The predicted octanol–water partition coefficient (Wildman–Crippen LogP) is -0.178. The summed E-state index contributed by atoms with van der Waals surface area (Å²) in [5.41, 5.74) is 1.77. The fraction of sp³-hybridized carbons (Fsp3) is 0.333. The molecule has 0 radical (unpaired) electrons. The molecule has 0 aliphatic carbocycles. The van der Waals surface area contributed by atoms with Crippen molar-refractivity contribution in [2.45, 2.75) is 26.0 Å². The number of aryl methyl sites for hydroxylation is 1. The fourth-order valence-electron chi connectivity index (χ4n) is 4.14. The summed E-state index contributed by atoms with van der Waals surface area (Å²) in [6, 6.07) is 10.3. The number of nitrogens with one attached hydrogen (secondary N) is 3. The average Bonchev–Trinajstić information content (AvgIpc) is 3.48. The van der Waals surface area contributed by atoms with Gasteiger partial charge in [0.1, 0.15) is 31.1 Å². The van der Waals surface area contributed by atoms with Crippen molar-refractivity contribution in [1.82, 2.24) is 35.6 Å². The summed E-state index contributed by atoms with van der Waals surface area (Å²) >= 11 is 0. The third-order valence-electron chi connectivity index (χ3n) is 6.29. The maximum Gasteiger partial charge on any atom is 0.256 e. The molecule has 40 heavy (non-hydrogen) atoms. The molecule has 1 aliphatic rings. The van der Waals surface area contributed by atoms with E-state index in [1.165, 1.54) is 35.2 Å². The number of fused-ring (bicyclic) bond motifs is 2. The Labute approximate surface area is 230 Å². The first-order valence-corrected chi connectivity index (χ1v) is 12.7. The molecule has 4 N–H and O–H groups in total. The van der Waals surface area contributed by atoms with Gasteiger partial charge < -0.3 is 30.7 Å². The number of aliphatic hydroxyl groups is 1. The van der Waals surface area contributed by atoms with Crippen LogP contribution >= 0.6 is 0 Å². The summed E-state index contributed by atoms with van der Waals surface area (Å²) in [7, 11) is 0. The first-order chi connectivity index (χ1) is 19.2. The third-order valence-corrected chi connectivity index (χ3v) is 6.29. The Kier molecular flexibility index (Phi) is 9.07. The molecular formula is C27H31N7O6. The summed E-state index contributed by atoms with van der Waals surface area (Å²) in [4.78, 5) is 57.5. The fourth-order valence-corrected chi connectivity index (χ4v) is 4.14. The number of para-hydroxylation sites is 1. The van der Waals surface area contributed by atoms with Crippen LogP contribution in [0.3, 0.4) is 0 Å². The van der Waals surface area contributed by atoms with E-state index < -0.39 is 35.8 Å². The monoisotopic (exact) mass is 549 g/mol. The zero-order chi connectivity index (χ0) is 28.6. The minimum Gasteiger partial charge on any atom is -0.491 e. The molecule has 2 atom stereocenters. The summed E-state index contributed by atoms with van der Waals surface area (Å²) < 4.78 is 7.22. The van der Waals surface area contributed by atoms with Crippen LogP contribution in [-0.4, -0.2) is 93.3 Å². The molecule has 13 heteroatoms. The third kappa shape index (κ3) is 6.80. The van der Waals surface area contributed by atoms with Gasteiger partial charge in [0.2, 0.25) is 11.8 Å². The lowest BCUT2D eigenvalue weighted by atomic mass is 10.1. The maximum absolute atomic E-state index is 13.6. The number of nitrogens with zero attached hydrogens (tertiary/aromatic N) is 4. The quantitative estimate of drug-likeness (QED) is 0.349. The SMILES string of the molecule is Cc1ccc2cc1OCCNC(=O)CN(C(=O)c1ccccc1-n1cncn1)CCNC(=O)[C@H]([C@@H](C)O)NC2=O. The topological polar surface area (TPSA) is 168 Å². The molecule has 13 nitrogen and oxygen atoms in total. The molecule has 2 bridgehead atoms. The summed E-state index contributed by atoms with van der Waals surface area (Å²) in [5.74, 6) is -1.65. The highest BCUT2D eigenvalue weighted by Gasteiger charge is 2.27. The van der Waals surface area contributed by atoms with Gasteiger partial charge in [0.25, 0.3) is 11.8 Å². The average molecular weight is 550 g/mol. The van der Waals surface area contributed by atoms with Crippen LogP contribution in [0.1, 0.15) is 33.2 Å². The van der Waals surface area contributed by atoms with Gasteiger partial charge in [-0.3, -0.25) is 19.2 Å². The Hall–Kier alpha value is -4.78. The van der Waals surface area contributed by atoms with E-state index in [0.717, 1.165) is 5.56 Å². The van der Waals surface area contributed by atoms with Crippen LogP contribution in [0.4, 0.5) is 0 Å². The number of carbonyl (C=O) groups is 4. The van der Waals surface area contributed by atoms with Crippen molar-refractivity contribution in [2.75, 3.05) is 32.8 Å². The highest BCUT2D eigenvalue weighted by atomic mass is 16.5. The molecule has 0 unspecified atom stereocenters. The van der Waals surface area contributed by atoms with E-state index in [4.69, 9.17) is 4.74 Å². The first-order valence-electron chi connectivity index (χ1n) is 12.7. The Morgan fingerprint density at radius 3 is 2.67 bits per heavy atom. The van der Waals surface area contributed by atoms with Gasteiger partial charge in [0, 0.05) is 18.7 Å². The second kappa shape index (κ2) is 12.8. The second-order valence-electron chi connectivity index (χ2n) is 9.25. The van der Waals surface area contributed by atoms with Gasteiger partial charge in [-0.2, -0.15) is 5.10 Å². The Bertz CT molecular complexity index is 1380. The van der Waals surface area contributed by atoms with Crippen molar-refractivity contribution >= 4 is 23.6 Å². The zero-order valence-electron chi connectivity index (χ0n) is 22.2. The normalized spacial score (nSPS) is 18.0. The molecule has 1 aliphatic heterocycles. The molecule has 0 saturated carbocycles. The zero-order valence-corrected chi connectivity index (χ0v) is 22.2. The van der Waals surface area contributed by atoms with Crippen molar-refractivity contribution in [1.29, 1.82) is 0 Å². The van der Waals surface area contributed by atoms with E-state index >= 15 is 0 Å². The van der Waals surface area contributed by atoms with E-state index in [0.29, 0.717) is 11.4 Å². The summed E-state index contributed by atoms with van der Waals surface area (Å²) in [6.07, 6.45) is 1.60. The highest BCUT2D eigenvalue weighted by molar-refractivity contribution is 6.00. The van der Waals surface area contributed by atoms with Gasteiger partial charge in [-0.1, -0.05) is 18.2 Å². The van der Waals surface area contributed by atoms with Crippen LogP contribution in [-0.2, 0) is 9.59 Å². The van der Waals surface area contributed by atoms with Crippen molar-refractivity contribution in [3.63, 3.8) is 0 Å². The number of benzene rings is 2. The number of hydrogen-bond acceptors (Lipinski definition) is 8. The van der Waals surface area contributed by atoms with Gasteiger partial charge in [-0.05, 0) is 43.7 Å². The Balaban J connectivity index is 1.59. The van der Waals surface area contributed by atoms with Gasteiger partial charge in [-0.25, -0.2) is 9.67 Å². The summed E-state index contributed by atoms with van der Waals surface area (Å²) in [6.45, 7) is 3.12. The minimum absolute atomic E-state index is 0.0272. The van der Waals surface area contributed by atoms with Crippen LogP contribution in [0.2, 0.25) is 0 Å². The Morgan fingerprint density at radius 2 is 1.93 bits per heavy atom. The number of aliphatic hydroxyl groups excluding tert-OH is 1. The van der Waals surface area contributed by atoms with Crippen molar-refractivity contribution in [2.24, 2.45) is 0 Å². The molecule has 4 rings (SSSR count). The van der Waals surface area contributed by atoms with E-state index in [-0.39, 0.29) is 43.9 Å². The molecule has 210 valence electrons. The maximum atomic E-state index is 13.6. The number of rotatable bonds is 3. The number of aromatic nitrogens is 3. The largest absolute Gasteiger partial charge is 0.491 e. The van der Waals surface area contributed by atoms with Crippen molar-refractivity contribution in [3.05, 3.63) is 71.8 Å². The molecule has 0 spiro atoms.